The highest BCUT2D eigenvalue weighted by molar-refractivity contribution is 7.88. The van der Waals surface area contributed by atoms with Gasteiger partial charge in [-0.05, 0) is 19.9 Å². The molecular weight excluding hydrogens is 276 g/mol. The molecule has 5 nitrogen and oxygen atoms in total. The van der Waals surface area contributed by atoms with Gasteiger partial charge >= 0.3 is 0 Å². The predicted octanol–water partition coefficient (Wildman–Crippen LogP) is 1.93. The summed E-state index contributed by atoms with van der Waals surface area (Å²) in [7, 11) is 1.34. The molecule has 0 bridgehead atoms. The van der Waals surface area contributed by atoms with E-state index in [-0.39, 0.29) is 5.75 Å². The third kappa shape index (κ3) is 3.86. The Morgan fingerprint density at radius 2 is 1.75 bits per heavy atom. The summed E-state index contributed by atoms with van der Waals surface area (Å²) in [6.45, 7) is 5.96. The Kier molecular flexibility index (Phi) is 5.83. The molecule has 0 radical (unpaired) electrons. The SMILES string of the molecule is CCN(CC)c1ccc(CS(=O)(=O)N(C)C)c(OC)c1. The number of hydrogen-bond donors (Lipinski definition) is 0. The van der Waals surface area contributed by atoms with Gasteiger partial charge in [0.15, 0.2) is 0 Å². The van der Waals surface area contributed by atoms with Crippen LogP contribution in [0.25, 0.3) is 0 Å². The van der Waals surface area contributed by atoms with Crippen LogP contribution >= 0.6 is 0 Å². The van der Waals surface area contributed by atoms with E-state index in [2.05, 4.69) is 18.7 Å². The highest BCUT2D eigenvalue weighted by Gasteiger charge is 2.18. The second-order valence-corrected chi connectivity index (χ2v) is 6.89. The smallest absolute Gasteiger partial charge is 0.217 e. The van der Waals surface area contributed by atoms with Crippen molar-refractivity contribution in [2.45, 2.75) is 19.6 Å². The fourth-order valence-corrected chi connectivity index (χ4v) is 2.85. The Morgan fingerprint density at radius 1 is 1.15 bits per heavy atom. The maximum atomic E-state index is 12.0. The highest BCUT2D eigenvalue weighted by atomic mass is 32.2. The number of hydrogen-bond acceptors (Lipinski definition) is 4. The van der Waals surface area contributed by atoms with Crippen molar-refractivity contribution in [3.8, 4) is 5.75 Å². The lowest BCUT2D eigenvalue weighted by atomic mass is 10.2. The largest absolute Gasteiger partial charge is 0.496 e. The lowest BCUT2D eigenvalue weighted by Gasteiger charge is -2.22. The standard InChI is InChI=1S/C14H24N2O3S/c1-6-16(7-2)13-9-8-12(14(10-13)19-5)11-20(17,18)15(3)4/h8-10H,6-7,11H2,1-5H3. The van der Waals surface area contributed by atoms with Crippen molar-refractivity contribution in [2.75, 3.05) is 39.2 Å². The van der Waals surface area contributed by atoms with Gasteiger partial charge in [-0.15, -0.1) is 0 Å². The minimum atomic E-state index is -3.29. The van der Waals surface area contributed by atoms with E-state index < -0.39 is 10.0 Å². The van der Waals surface area contributed by atoms with Gasteiger partial charge in [-0.25, -0.2) is 12.7 Å². The van der Waals surface area contributed by atoms with Crippen LogP contribution in [0.15, 0.2) is 18.2 Å². The fraction of sp³-hybridized carbons (Fsp3) is 0.571. The molecular formula is C14H24N2O3S. The molecule has 0 atom stereocenters. The Balaban J connectivity index is 3.12. The van der Waals surface area contributed by atoms with Gasteiger partial charge < -0.3 is 9.64 Å². The number of methoxy groups -OCH3 is 1. The first-order valence-corrected chi connectivity index (χ1v) is 8.28. The maximum Gasteiger partial charge on any atom is 0.217 e. The zero-order chi connectivity index (χ0) is 15.3. The number of rotatable bonds is 7. The van der Waals surface area contributed by atoms with Crippen molar-refractivity contribution < 1.29 is 13.2 Å². The zero-order valence-corrected chi connectivity index (χ0v) is 13.7. The molecule has 6 heteroatoms. The zero-order valence-electron chi connectivity index (χ0n) is 12.9. The third-order valence-electron chi connectivity index (χ3n) is 3.29. The van der Waals surface area contributed by atoms with Crippen molar-refractivity contribution in [2.24, 2.45) is 0 Å². The van der Waals surface area contributed by atoms with Gasteiger partial charge in [0.05, 0.1) is 12.9 Å². The molecule has 0 amide bonds. The average Bonchev–Trinajstić information content (AvgIpc) is 2.41. The van der Waals surface area contributed by atoms with Gasteiger partial charge in [0.25, 0.3) is 0 Å². The molecule has 20 heavy (non-hydrogen) atoms. The summed E-state index contributed by atoms with van der Waals surface area (Å²) in [5, 5.41) is 0. The van der Waals surface area contributed by atoms with Crippen LogP contribution < -0.4 is 9.64 Å². The van der Waals surface area contributed by atoms with E-state index in [0.29, 0.717) is 11.3 Å². The van der Waals surface area contributed by atoms with Crippen molar-refractivity contribution in [1.82, 2.24) is 4.31 Å². The Morgan fingerprint density at radius 3 is 2.20 bits per heavy atom. The third-order valence-corrected chi connectivity index (χ3v) is 5.08. The quantitative estimate of drug-likeness (QED) is 0.772. The molecule has 0 unspecified atom stereocenters. The molecule has 114 valence electrons. The van der Waals surface area contributed by atoms with Crippen LogP contribution in [0.5, 0.6) is 5.75 Å². The number of sulfonamides is 1. The van der Waals surface area contributed by atoms with Crippen molar-refractivity contribution in [3.63, 3.8) is 0 Å². The van der Waals surface area contributed by atoms with Crippen LogP contribution in [0.4, 0.5) is 5.69 Å². The number of ether oxygens (including phenoxy) is 1. The minimum Gasteiger partial charge on any atom is -0.496 e. The Bertz CT molecular complexity index is 537. The van der Waals surface area contributed by atoms with Gasteiger partial charge in [-0.1, -0.05) is 6.07 Å². The first-order valence-electron chi connectivity index (χ1n) is 6.67. The van der Waals surface area contributed by atoms with Gasteiger partial charge in [0.1, 0.15) is 5.75 Å². The summed E-state index contributed by atoms with van der Waals surface area (Å²) in [4.78, 5) is 2.19. The van der Waals surface area contributed by atoms with Crippen LogP contribution in [-0.4, -0.2) is 47.0 Å². The van der Waals surface area contributed by atoms with Crippen LogP contribution in [0.3, 0.4) is 0 Å². The monoisotopic (exact) mass is 300 g/mol. The summed E-state index contributed by atoms with van der Waals surface area (Å²) in [6.07, 6.45) is 0. The topological polar surface area (TPSA) is 49.9 Å². The summed E-state index contributed by atoms with van der Waals surface area (Å²) in [5.74, 6) is 0.557. The summed E-state index contributed by atoms with van der Waals surface area (Å²) in [5.41, 5.74) is 1.72. The van der Waals surface area contributed by atoms with E-state index in [1.54, 1.807) is 7.11 Å². The second-order valence-electron chi connectivity index (χ2n) is 4.71. The van der Waals surface area contributed by atoms with Gasteiger partial charge in [-0.2, -0.15) is 0 Å². The van der Waals surface area contributed by atoms with E-state index in [0.717, 1.165) is 18.8 Å². The van der Waals surface area contributed by atoms with Crippen LogP contribution in [0.1, 0.15) is 19.4 Å². The fourth-order valence-electron chi connectivity index (χ4n) is 1.96. The minimum absolute atomic E-state index is 0.0539. The summed E-state index contributed by atoms with van der Waals surface area (Å²) < 4.78 is 30.5. The maximum absolute atomic E-state index is 12.0. The predicted molar refractivity (Wildman–Crippen MR) is 82.9 cm³/mol. The van der Waals surface area contributed by atoms with Gasteiger partial charge in [0, 0.05) is 44.5 Å². The molecule has 0 aliphatic rings. The number of benzene rings is 1. The van der Waals surface area contributed by atoms with Crippen molar-refractivity contribution in [3.05, 3.63) is 23.8 Å². The molecule has 1 rings (SSSR count). The van der Waals surface area contributed by atoms with E-state index in [1.807, 2.05) is 18.2 Å². The van der Waals surface area contributed by atoms with Gasteiger partial charge in [0.2, 0.25) is 10.0 Å². The molecule has 1 aromatic carbocycles. The normalized spacial score (nSPS) is 11.7. The van der Waals surface area contributed by atoms with E-state index in [1.165, 1.54) is 18.4 Å². The van der Waals surface area contributed by atoms with E-state index in [9.17, 15) is 8.42 Å². The average molecular weight is 300 g/mol. The van der Waals surface area contributed by atoms with Gasteiger partial charge in [-0.3, -0.25) is 0 Å². The molecule has 0 N–H and O–H groups in total. The first kappa shape index (κ1) is 16.8. The number of nitrogens with zero attached hydrogens (tertiary/aromatic N) is 2. The van der Waals surface area contributed by atoms with Crippen molar-refractivity contribution >= 4 is 15.7 Å². The summed E-state index contributed by atoms with van der Waals surface area (Å²) in [6, 6.07) is 5.66. The molecule has 0 aliphatic heterocycles. The molecule has 0 saturated heterocycles. The second kappa shape index (κ2) is 6.95. The Hall–Kier alpha value is -1.27. The Labute approximate surface area is 122 Å². The van der Waals surface area contributed by atoms with E-state index >= 15 is 0 Å². The van der Waals surface area contributed by atoms with Crippen LogP contribution in [0, 0.1) is 0 Å². The summed E-state index contributed by atoms with van der Waals surface area (Å²) >= 11 is 0. The first-order chi connectivity index (χ1) is 9.35. The lowest BCUT2D eigenvalue weighted by Crippen LogP contribution is -2.24. The van der Waals surface area contributed by atoms with Crippen molar-refractivity contribution in [1.29, 1.82) is 0 Å². The number of anilines is 1. The highest BCUT2D eigenvalue weighted by Crippen LogP contribution is 2.27. The molecule has 0 aliphatic carbocycles. The molecule has 0 fully saturated rings. The molecule has 0 heterocycles. The molecule has 1 aromatic rings. The van der Waals surface area contributed by atoms with Crippen LogP contribution in [0.2, 0.25) is 0 Å². The molecule has 0 saturated carbocycles. The molecule has 0 aromatic heterocycles. The molecule has 0 spiro atoms. The van der Waals surface area contributed by atoms with Crippen LogP contribution in [-0.2, 0) is 15.8 Å². The lowest BCUT2D eigenvalue weighted by molar-refractivity contribution is 0.410. The van der Waals surface area contributed by atoms with E-state index in [4.69, 9.17) is 4.74 Å².